The van der Waals surface area contributed by atoms with E-state index in [0.29, 0.717) is 0 Å². The van der Waals surface area contributed by atoms with E-state index >= 15 is 0 Å². The summed E-state index contributed by atoms with van der Waals surface area (Å²) < 4.78 is 11.4. The maximum Gasteiger partial charge on any atom is 0.0895 e. The summed E-state index contributed by atoms with van der Waals surface area (Å²) in [6.07, 6.45) is 0. The monoisotopic (exact) mass is 163 g/mol. The van der Waals surface area contributed by atoms with Crippen LogP contribution in [0.5, 0.6) is 0 Å². The Kier molecular flexibility index (Phi) is 9.79. The number of nitrogens with zero attached hydrogens (tertiary/aromatic N) is 1. The van der Waals surface area contributed by atoms with Crippen molar-refractivity contribution < 1.29 is 8.87 Å². The molecule has 69 valence electrons. The molecule has 0 amide bonds. The van der Waals surface area contributed by atoms with Crippen LogP contribution in [-0.4, -0.2) is 37.8 Å². The van der Waals surface area contributed by atoms with E-state index in [1.165, 1.54) is 24.1 Å². The Bertz CT molecular complexity index is 61.7. The second-order valence-corrected chi connectivity index (χ2v) is 2.76. The first-order valence-electron chi connectivity index (χ1n) is 4.28. The molecule has 0 rings (SSSR count). The molecular formula is C9H22FN+. The third-order valence-electron chi connectivity index (χ3n) is 2.29. The van der Waals surface area contributed by atoms with Crippen LogP contribution in [0.25, 0.3) is 0 Å². The van der Waals surface area contributed by atoms with E-state index in [2.05, 4.69) is 34.7 Å². The summed E-state index contributed by atoms with van der Waals surface area (Å²) in [6.45, 7) is 12.8. The van der Waals surface area contributed by atoms with Crippen LogP contribution in [0.4, 0.5) is 4.39 Å². The normalized spacial score (nSPS) is 10.4. The predicted molar refractivity (Wildman–Crippen MR) is 49.1 cm³/mol. The van der Waals surface area contributed by atoms with Crippen molar-refractivity contribution in [2.24, 2.45) is 0 Å². The lowest BCUT2D eigenvalue weighted by Gasteiger charge is -2.30. The van der Waals surface area contributed by atoms with Gasteiger partial charge in [-0.1, -0.05) is 0 Å². The Labute approximate surface area is 70.8 Å². The van der Waals surface area contributed by atoms with Crippen molar-refractivity contribution in [3.63, 3.8) is 0 Å². The average Bonchev–Trinajstić information content (AvgIpc) is 2.05. The van der Waals surface area contributed by atoms with Gasteiger partial charge in [-0.05, 0) is 27.7 Å². The molecule has 0 atom stereocenters. The zero-order chi connectivity index (χ0) is 9.33. The zero-order valence-electron chi connectivity index (χ0n) is 8.36. The van der Waals surface area contributed by atoms with Gasteiger partial charge in [0.1, 0.15) is 0 Å². The topological polar surface area (TPSA) is 0 Å². The fourth-order valence-corrected chi connectivity index (χ4v) is 0.671. The minimum Gasteiger partial charge on any atom is -0.327 e. The molecule has 2 heteroatoms. The molecule has 0 saturated heterocycles. The predicted octanol–water partition coefficient (Wildman–Crippen LogP) is 2.28. The molecule has 0 aliphatic rings. The third-order valence-corrected chi connectivity index (χ3v) is 2.29. The summed E-state index contributed by atoms with van der Waals surface area (Å²) in [5.41, 5.74) is 0. The minimum absolute atomic E-state index is 0.500. The highest BCUT2D eigenvalue weighted by molar-refractivity contribution is 4.24. The molecule has 0 aliphatic carbocycles. The van der Waals surface area contributed by atoms with Crippen molar-refractivity contribution >= 4 is 0 Å². The van der Waals surface area contributed by atoms with Gasteiger partial charge in [0.15, 0.2) is 0 Å². The second kappa shape index (κ2) is 7.99. The molecule has 0 aliphatic heterocycles. The summed E-state index contributed by atoms with van der Waals surface area (Å²) in [4.78, 5) is 0. The lowest BCUT2D eigenvalue weighted by molar-refractivity contribution is -0.904. The molecule has 0 fully saturated rings. The van der Waals surface area contributed by atoms with E-state index in [1.54, 1.807) is 0 Å². The number of hydrogen-bond donors (Lipinski definition) is 0. The van der Waals surface area contributed by atoms with Crippen LogP contribution in [0, 0.1) is 6.92 Å². The maximum atomic E-state index is 10.2. The van der Waals surface area contributed by atoms with Crippen molar-refractivity contribution in [1.82, 2.24) is 0 Å². The molecular weight excluding hydrogens is 141 g/mol. The van der Waals surface area contributed by atoms with E-state index in [1.807, 2.05) is 0 Å². The van der Waals surface area contributed by atoms with E-state index in [4.69, 9.17) is 0 Å². The van der Waals surface area contributed by atoms with Gasteiger partial charge in [0, 0.05) is 0 Å². The molecule has 0 unspecified atom stereocenters. The summed E-state index contributed by atoms with van der Waals surface area (Å²) >= 11 is 0. The van der Waals surface area contributed by atoms with E-state index in [-0.39, 0.29) is 0 Å². The first kappa shape index (κ1) is 13.5. The van der Waals surface area contributed by atoms with E-state index < -0.39 is 6.67 Å². The average molecular weight is 163 g/mol. The first-order chi connectivity index (χ1) is 5.10. The van der Waals surface area contributed by atoms with Crippen molar-refractivity contribution in [3.05, 3.63) is 6.92 Å². The molecule has 0 N–H and O–H groups in total. The summed E-state index contributed by atoms with van der Waals surface area (Å²) in [5, 5.41) is 0. The Hall–Kier alpha value is -0.110. The summed E-state index contributed by atoms with van der Waals surface area (Å²) in [6, 6.07) is 0. The fraction of sp³-hybridized carbons (Fsp3) is 0.889. The van der Waals surface area contributed by atoms with Gasteiger partial charge in [0.05, 0.1) is 33.4 Å². The van der Waals surface area contributed by atoms with E-state index in [0.717, 1.165) is 0 Å². The van der Waals surface area contributed by atoms with Gasteiger partial charge in [-0.2, -0.15) is 0 Å². The Morgan fingerprint density at radius 1 is 1.09 bits per heavy atom. The minimum atomic E-state index is -0.500. The molecule has 0 aromatic carbocycles. The van der Waals surface area contributed by atoms with Crippen molar-refractivity contribution in [2.75, 3.05) is 33.4 Å². The number of quaternary nitrogens is 1. The van der Waals surface area contributed by atoms with Crippen LogP contribution in [-0.2, 0) is 0 Å². The molecule has 0 saturated carbocycles. The van der Waals surface area contributed by atoms with Crippen molar-refractivity contribution in [2.45, 2.75) is 20.8 Å². The fourth-order valence-electron chi connectivity index (χ4n) is 0.671. The van der Waals surface area contributed by atoms with Gasteiger partial charge < -0.3 is 4.48 Å². The quantitative estimate of drug-likeness (QED) is 0.560. The van der Waals surface area contributed by atoms with Crippen LogP contribution in [0.3, 0.4) is 0 Å². The second-order valence-electron chi connectivity index (χ2n) is 2.76. The number of halogens is 1. The third kappa shape index (κ3) is 7.79. The molecule has 0 aromatic rings. The smallest absolute Gasteiger partial charge is 0.0895 e. The van der Waals surface area contributed by atoms with Crippen LogP contribution >= 0.6 is 0 Å². The Morgan fingerprint density at radius 3 is 1.27 bits per heavy atom. The lowest BCUT2D eigenvalue weighted by Crippen LogP contribution is -2.42. The van der Waals surface area contributed by atoms with Crippen LogP contribution in [0.15, 0.2) is 0 Å². The van der Waals surface area contributed by atoms with Gasteiger partial charge in [0.2, 0.25) is 0 Å². The van der Waals surface area contributed by atoms with Gasteiger partial charge in [-0.3, -0.25) is 4.39 Å². The molecule has 0 bridgehead atoms. The number of alkyl halides is 1. The maximum absolute atomic E-state index is 10.2. The standard InChI is InChI=1S/C7H18N.C2H4F/c1-5-8(4,6-2)7-3;1-2-3/h5-7H2,1-4H3;1-2H2/q+1;. The lowest BCUT2D eigenvalue weighted by atomic mass is 10.4. The zero-order valence-corrected chi connectivity index (χ0v) is 8.36. The largest absolute Gasteiger partial charge is 0.327 e. The van der Waals surface area contributed by atoms with Gasteiger partial charge in [-0.15, -0.1) is 0 Å². The van der Waals surface area contributed by atoms with Gasteiger partial charge in [0.25, 0.3) is 0 Å². The number of hydrogen-bond acceptors (Lipinski definition) is 0. The highest BCUT2D eigenvalue weighted by Crippen LogP contribution is 1.97. The van der Waals surface area contributed by atoms with E-state index in [9.17, 15) is 4.39 Å². The highest BCUT2D eigenvalue weighted by atomic mass is 19.1. The summed E-state index contributed by atoms with van der Waals surface area (Å²) in [5.74, 6) is 0. The SMILES string of the molecule is CC[N+](C)(CC)CC.[CH2]CF. The van der Waals surface area contributed by atoms with Crippen LogP contribution in [0.1, 0.15) is 20.8 Å². The number of rotatable bonds is 3. The molecule has 0 aromatic heterocycles. The van der Waals surface area contributed by atoms with Crippen LogP contribution in [0.2, 0.25) is 0 Å². The van der Waals surface area contributed by atoms with Crippen LogP contribution < -0.4 is 0 Å². The summed E-state index contributed by atoms with van der Waals surface area (Å²) in [7, 11) is 2.29. The highest BCUT2D eigenvalue weighted by Gasteiger charge is 2.10. The Morgan fingerprint density at radius 2 is 1.27 bits per heavy atom. The molecule has 11 heavy (non-hydrogen) atoms. The van der Waals surface area contributed by atoms with Gasteiger partial charge >= 0.3 is 0 Å². The van der Waals surface area contributed by atoms with Crippen molar-refractivity contribution in [1.29, 1.82) is 0 Å². The first-order valence-corrected chi connectivity index (χ1v) is 4.28. The van der Waals surface area contributed by atoms with Gasteiger partial charge in [-0.25, -0.2) is 0 Å². The molecule has 1 nitrogen and oxygen atoms in total. The molecule has 0 spiro atoms. The Balaban J connectivity index is 0. The molecule has 0 heterocycles. The van der Waals surface area contributed by atoms with Crippen molar-refractivity contribution in [3.8, 4) is 0 Å². The molecule has 1 radical (unpaired) electrons.